The number of nitrogens with zero attached hydrogens (tertiary/aromatic N) is 2. The van der Waals surface area contributed by atoms with Crippen molar-refractivity contribution in [1.29, 1.82) is 0 Å². The van der Waals surface area contributed by atoms with Gasteiger partial charge in [0.2, 0.25) is 0 Å². The Bertz CT molecular complexity index is 94.4. The summed E-state index contributed by atoms with van der Waals surface area (Å²) >= 11 is 0. The van der Waals surface area contributed by atoms with Gasteiger partial charge >= 0.3 is 0 Å². The maximum Gasteiger partial charge on any atom is 0.0526 e. The topological polar surface area (TPSA) is 32.7 Å². The van der Waals surface area contributed by atoms with Crippen LogP contribution in [0.2, 0.25) is 0 Å². The molecule has 3 nitrogen and oxygen atoms in total. The summed E-state index contributed by atoms with van der Waals surface area (Å²) in [5.41, 5.74) is 0. The highest BCUT2D eigenvalue weighted by Crippen LogP contribution is 2.15. The van der Waals surface area contributed by atoms with Gasteiger partial charge in [-0.25, -0.2) is 0 Å². The second-order valence-corrected chi connectivity index (χ2v) is 2.24. The minimum atomic E-state index is 0.382. The molecule has 0 N–H and O–H groups in total. The van der Waals surface area contributed by atoms with Crippen LogP contribution >= 0.6 is 0 Å². The highest BCUT2D eigenvalue weighted by Gasteiger charge is 2.18. The van der Waals surface area contributed by atoms with Gasteiger partial charge in [0.1, 0.15) is 0 Å². The molecule has 1 heterocycles. The molecule has 0 spiro atoms. The van der Waals surface area contributed by atoms with E-state index in [1.165, 1.54) is 0 Å². The van der Waals surface area contributed by atoms with E-state index in [4.69, 9.17) is 0 Å². The second kappa shape index (κ2) is 2.11. The predicted octanol–water partition coefficient (Wildman–Crippen LogP) is 1.15. The van der Waals surface area contributed by atoms with Crippen LogP contribution in [0.3, 0.4) is 0 Å². The zero-order valence-corrected chi connectivity index (χ0v) is 5.00. The summed E-state index contributed by atoms with van der Waals surface area (Å²) in [6, 6.07) is 0.382. The number of nitroso groups, excluding NO2 is 1. The zero-order valence-electron chi connectivity index (χ0n) is 5.00. The van der Waals surface area contributed by atoms with Crippen molar-refractivity contribution < 1.29 is 0 Å². The van der Waals surface area contributed by atoms with Crippen LogP contribution in [0, 0.1) is 4.91 Å². The van der Waals surface area contributed by atoms with E-state index in [0.717, 1.165) is 19.4 Å². The van der Waals surface area contributed by atoms with Crippen molar-refractivity contribution in [3.63, 3.8) is 0 Å². The molecular weight excluding hydrogens is 104 g/mol. The first-order valence-electron chi connectivity index (χ1n) is 2.94. The fourth-order valence-electron chi connectivity index (χ4n) is 1.04. The fraction of sp³-hybridized carbons (Fsp3) is 1.00. The van der Waals surface area contributed by atoms with E-state index in [0.29, 0.717) is 6.04 Å². The first kappa shape index (κ1) is 5.54. The normalized spacial score (nSPS) is 28.6. The molecule has 0 radical (unpaired) electrons. The maximum absolute atomic E-state index is 9.89. The van der Waals surface area contributed by atoms with Crippen LogP contribution in [-0.4, -0.2) is 17.6 Å². The van der Waals surface area contributed by atoms with Gasteiger partial charge in [-0.05, 0) is 19.8 Å². The van der Waals surface area contributed by atoms with E-state index in [1.54, 1.807) is 5.01 Å². The number of rotatable bonds is 1. The summed E-state index contributed by atoms with van der Waals surface area (Å²) < 4.78 is 0. The van der Waals surface area contributed by atoms with Crippen molar-refractivity contribution >= 4 is 0 Å². The van der Waals surface area contributed by atoms with Crippen LogP contribution in [-0.2, 0) is 0 Å². The second-order valence-electron chi connectivity index (χ2n) is 2.24. The SMILES string of the molecule is C[C@@H]1CCCN1N=O. The third-order valence-electron chi connectivity index (χ3n) is 1.62. The highest BCUT2D eigenvalue weighted by atomic mass is 16.3. The van der Waals surface area contributed by atoms with Gasteiger partial charge in [0.05, 0.1) is 5.29 Å². The lowest BCUT2D eigenvalue weighted by Crippen LogP contribution is -2.19. The minimum Gasteiger partial charge on any atom is -0.258 e. The maximum atomic E-state index is 9.89. The van der Waals surface area contributed by atoms with Crippen molar-refractivity contribution in [2.75, 3.05) is 6.54 Å². The Kier molecular flexibility index (Phi) is 1.46. The smallest absolute Gasteiger partial charge is 0.0526 e. The summed E-state index contributed by atoms with van der Waals surface area (Å²) in [5, 5.41) is 4.45. The Labute approximate surface area is 48.6 Å². The zero-order chi connectivity index (χ0) is 5.98. The summed E-state index contributed by atoms with van der Waals surface area (Å²) in [7, 11) is 0. The molecule has 0 saturated carbocycles. The molecule has 0 aromatic carbocycles. The van der Waals surface area contributed by atoms with Gasteiger partial charge in [-0.2, -0.15) is 0 Å². The third-order valence-corrected chi connectivity index (χ3v) is 1.62. The molecule has 0 unspecified atom stereocenters. The van der Waals surface area contributed by atoms with Crippen molar-refractivity contribution in [1.82, 2.24) is 5.01 Å². The van der Waals surface area contributed by atoms with Crippen LogP contribution in [0.15, 0.2) is 5.29 Å². The highest BCUT2D eigenvalue weighted by molar-refractivity contribution is 4.70. The average Bonchev–Trinajstić information content (AvgIpc) is 2.14. The van der Waals surface area contributed by atoms with Gasteiger partial charge in [0, 0.05) is 12.6 Å². The molecule has 1 fully saturated rings. The molecule has 1 aliphatic heterocycles. The Hall–Kier alpha value is -0.600. The molecule has 0 bridgehead atoms. The lowest BCUT2D eigenvalue weighted by atomic mass is 10.3. The van der Waals surface area contributed by atoms with E-state index in [9.17, 15) is 4.91 Å². The van der Waals surface area contributed by atoms with Gasteiger partial charge in [-0.3, -0.25) is 5.01 Å². The van der Waals surface area contributed by atoms with Gasteiger partial charge in [-0.15, -0.1) is 4.91 Å². The molecule has 0 aromatic rings. The first-order chi connectivity index (χ1) is 3.84. The van der Waals surface area contributed by atoms with E-state index in [2.05, 4.69) is 5.29 Å². The van der Waals surface area contributed by atoms with Crippen molar-refractivity contribution in [2.24, 2.45) is 5.29 Å². The number of hydrogen-bond acceptors (Lipinski definition) is 2. The molecule has 1 atom stereocenters. The van der Waals surface area contributed by atoms with Gasteiger partial charge in [0.25, 0.3) is 0 Å². The molecular formula is C5H10N2O. The van der Waals surface area contributed by atoms with Crippen LogP contribution in [0.5, 0.6) is 0 Å². The summed E-state index contributed by atoms with van der Waals surface area (Å²) in [6.07, 6.45) is 2.23. The number of hydrogen-bond donors (Lipinski definition) is 0. The van der Waals surface area contributed by atoms with E-state index < -0.39 is 0 Å². The summed E-state index contributed by atoms with van der Waals surface area (Å²) in [6.45, 7) is 2.87. The van der Waals surface area contributed by atoms with Crippen LogP contribution in [0.1, 0.15) is 19.8 Å². The Morgan fingerprint density at radius 3 is 2.75 bits per heavy atom. The lowest BCUT2D eigenvalue weighted by Gasteiger charge is -2.10. The Morgan fingerprint density at radius 1 is 1.75 bits per heavy atom. The average molecular weight is 114 g/mol. The summed E-state index contributed by atoms with van der Waals surface area (Å²) in [5.74, 6) is 0. The molecule has 0 aliphatic carbocycles. The van der Waals surface area contributed by atoms with Crippen molar-refractivity contribution in [3.05, 3.63) is 4.91 Å². The van der Waals surface area contributed by atoms with Crippen LogP contribution in [0.25, 0.3) is 0 Å². The molecule has 46 valence electrons. The molecule has 1 aliphatic rings. The lowest BCUT2D eigenvalue weighted by molar-refractivity contribution is 0.279. The van der Waals surface area contributed by atoms with E-state index in [1.807, 2.05) is 6.92 Å². The third kappa shape index (κ3) is 0.804. The van der Waals surface area contributed by atoms with E-state index >= 15 is 0 Å². The van der Waals surface area contributed by atoms with Crippen LogP contribution < -0.4 is 0 Å². The quantitative estimate of drug-likeness (QED) is 0.479. The molecule has 1 saturated heterocycles. The predicted molar refractivity (Wildman–Crippen MR) is 31.2 cm³/mol. The summed E-state index contributed by atoms with van der Waals surface area (Å²) in [4.78, 5) is 9.89. The molecule has 1 rings (SSSR count). The largest absolute Gasteiger partial charge is 0.258 e. The van der Waals surface area contributed by atoms with Gasteiger partial charge in [0.15, 0.2) is 0 Å². The minimum absolute atomic E-state index is 0.382. The van der Waals surface area contributed by atoms with Crippen molar-refractivity contribution in [2.45, 2.75) is 25.8 Å². The molecule has 8 heavy (non-hydrogen) atoms. The monoisotopic (exact) mass is 114 g/mol. The molecule has 3 heteroatoms. The van der Waals surface area contributed by atoms with Crippen LogP contribution in [0.4, 0.5) is 0 Å². The van der Waals surface area contributed by atoms with E-state index in [-0.39, 0.29) is 0 Å². The Balaban J connectivity index is 2.41. The molecule has 0 amide bonds. The first-order valence-corrected chi connectivity index (χ1v) is 2.94. The van der Waals surface area contributed by atoms with Gasteiger partial charge in [-0.1, -0.05) is 0 Å². The molecule has 0 aromatic heterocycles. The van der Waals surface area contributed by atoms with Gasteiger partial charge < -0.3 is 0 Å². The van der Waals surface area contributed by atoms with Crippen molar-refractivity contribution in [3.8, 4) is 0 Å². The Morgan fingerprint density at radius 2 is 2.50 bits per heavy atom. The fourth-order valence-corrected chi connectivity index (χ4v) is 1.04. The standard InChI is InChI=1S/C5H10N2O/c1-5-3-2-4-7(5)6-8/h5H,2-4H2,1H3/t5-/m1/s1.